The Labute approximate surface area is 144 Å². The monoisotopic (exact) mass is 365 g/mol. The number of hydrogen-bond acceptors (Lipinski definition) is 9. The average Bonchev–Trinajstić information content (AvgIpc) is 2.51. The smallest absolute Gasteiger partial charge is 0.323 e. The summed E-state index contributed by atoms with van der Waals surface area (Å²) < 4.78 is 9.34. The SMILES string of the molecule is CNC(CSSCC(CC(=O)CC(C)=O)C(=O)OC)C(=O)OC. The van der Waals surface area contributed by atoms with E-state index in [9.17, 15) is 19.2 Å². The third kappa shape index (κ3) is 9.62. The van der Waals surface area contributed by atoms with Crippen LogP contribution in [0, 0.1) is 5.92 Å². The van der Waals surface area contributed by atoms with E-state index in [2.05, 4.69) is 14.8 Å². The van der Waals surface area contributed by atoms with E-state index in [0.717, 1.165) is 0 Å². The lowest BCUT2D eigenvalue weighted by atomic mass is 10.0. The maximum Gasteiger partial charge on any atom is 0.323 e. The fourth-order valence-corrected chi connectivity index (χ4v) is 4.19. The lowest BCUT2D eigenvalue weighted by Gasteiger charge is -2.15. The lowest BCUT2D eigenvalue weighted by Crippen LogP contribution is -2.37. The molecule has 0 amide bonds. The van der Waals surface area contributed by atoms with Gasteiger partial charge in [0.05, 0.1) is 26.6 Å². The second-order valence-corrected chi connectivity index (χ2v) is 7.33. The van der Waals surface area contributed by atoms with Crippen LogP contribution >= 0.6 is 21.6 Å². The molecule has 0 saturated carbocycles. The molecule has 0 aliphatic rings. The van der Waals surface area contributed by atoms with Crippen molar-refractivity contribution in [3.05, 3.63) is 0 Å². The summed E-state index contributed by atoms with van der Waals surface area (Å²) in [6.07, 6.45) is -0.193. The van der Waals surface area contributed by atoms with Gasteiger partial charge in [0.25, 0.3) is 0 Å². The molecule has 0 bridgehead atoms. The zero-order valence-corrected chi connectivity index (χ0v) is 15.4. The highest BCUT2D eigenvalue weighted by atomic mass is 33.1. The summed E-state index contributed by atoms with van der Waals surface area (Å²) in [6.45, 7) is 1.33. The molecule has 2 unspecified atom stereocenters. The van der Waals surface area contributed by atoms with Crippen LogP contribution < -0.4 is 5.32 Å². The highest BCUT2D eigenvalue weighted by Crippen LogP contribution is 2.27. The second-order valence-electron chi connectivity index (χ2n) is 4.78. The van der Waals surface area contributed by atoms with Crippen LogP contribution in [-0.2, 0) is 28.7 Å². The van der Waals surface area contributed by atoms with E-state index in [1.165, 1.54) is 42.7 Å². The quantitative estimate of drug-likeness (QED) is 0.234. The molecule has 2 atom stereocenters. The van der Waals surface area contributed by atoms with Crippen LogP contribution in [0.5, 0.6) is 0 Å². The molecule has 1 N–H and O–H groups in total. The third-order valence-corrected chi connectivity index (χ3v) is 5.37. The molecule has 7 nitrogen and oxygen atoms in total. The summed E-state index contributed by atoms with van der Waals surface area (Å²) >= 11 is 0. The maximum absolute atomic E-state index is 11.7. The van der Waals surface area contributed by atoms with Gasteiger partial charge in [0.1, 0.15) is 17.6 Å². The topological polar surface area (TPSA) is 98.8 Å². The largest absolute Gasteiger partial charge is 0.469 e. The third-order valence-electron chi connectivity index (χ3n) is 2.88. The number of methoxy groups -OCH3 is 2. The first-order chi connectivity index (χ1) is 10.8. The first-order valence-electron chi connectivity index (χ1n) is 6.94. The number of ether oxygens (including phenoxy) is 2. The molecule has 23 heavy (non-hydrogen) atoms. The number of nitrogens with one attached hydrogen (secondary N) is 1. The van der Waals surface area contributed by atoms with Crippen molar-refractivity contribution in [1.82, 2.24) is 5.32 Å². The minimum Gasteiger partial charge on any atom is -0.469 e. The average molecular weight is 365 g/mol. The molecule has 0 radical (unpaired) electrons. The van der Waals surface area contributed by atoms with E-state index in [1.807, 2.05) is 0 Å². The molecule has 0 heterocycles. The van der Waals surface area contributed by atoms with Crippen molar-refractivity contribution < 1.29 is 28.7 Å². The molecule has 0 spiro atoms. The van der Waals surface area contributed by atoms with E-state index < -0.39 is 17.9 Å². The van der Waals surface area contributed by atoms with Crippen LogP contribution in [0.15, 0.2) is 0 Å². The number of ketones is 2. The molecule has 132 valence electrons. The van der Waals surface area contributed by atoms with Gasteiger partial charge < -0.3 is 14.8 Å². The van der Waals surface area contributed by atoms with E-state index in [4.69, 9.17) is 0 Å². The van der Waals surface area contributed by atoms with Crippen molar-refractivity contribution >= 4 is 45.1 Å². The fraction of sp³-hybridized carbons (Fsp3) is 0.714. The van der Waals surface area contributed by atoms with Crippen molar-refractivity contribution in [2.45, 2.75) is 25.8 Å². The lowest BCUT2D eigenvalue weighted by molar-refractivity contribution is -0.146. The van der Waals surface area contributed by atoms with Crippen LogP contribution in [0.2, 0.25) is 0 Å². The van der Waals surface area contributed by atoms with Gasteiger partial charge in [-0.1, -0.05) is 21.6 Å². The van der Waals surface area contributed by atoms with Crippen LogP contribution in [0.1, 0.15) is 19.8 Å². The second kappa shape index (κ2) is 12.4. The van der Waals surface area contributed by atoms with E-state index >= 15 is 0 Å². The summed E-state index contributed by atoms with van der Waals surface area (Å²) in [7, 11) is 7.00. The Morgan fingerprint density at radius 1 is 1.00 bits per heavy atom. The summed E-state index contributed by atoms with van der Waals surface area (Å²) in [5.74, 6) is -1.12. The minimum atomic E-state index is -0.601. The Morgan fingerprint density at radius 2 is 1.57 bits per heavy atom. The highest BCUT2D eigenvalue weighted by molar-refractivity contribution is 8.76. The van der Waals surface area contributed by atoms with E-state index in [-0.39, 0.29) is 30.4 Å². The molecule has 0 aromatic carbocycles. The molecule has 0 aromatic heterocycles. The predicted molar refractivity (Wildman–Crippen MR) is 90.2 cm³/mol. The molecule has 0 aliphatic carbocycles. The normalized spacial score (nSPS) is 13.0. The Bertz CT molecular complexity index is 429. The van der Waals surface area contributed by atoms with Gasteiger partial charge in [-0.05, 0) is 14.0 Å². The molecule has 0 fully saturated rings. The highest BCUT2D eigenvalue weighted by Gasteiger charge is 2.24. The number of carbonyl (C=O) groups is 4. The van der Waals surface area contributed by atoms with Gasteiger partial charge in [-0.2, -0.15) is 0 Å². The summed E-state index contributed by atoms with van der Waals surface area (Å²) in [6, 6.07) is -0.437. The van der Waals surface area contributed by atoms with Gasteiger partial charge in [-0.25, -0.2) is 0 Å². The van der Waals surface area contributed by atoms with Gasteiger partial charge in [0.2, 0.25) is 0 Å². The van der Waals surface area contributed by atoms with Gasteiger partial charge in [-0.3, -0.25) is 19.2 Å². The Morgan fingerprint density at radius 3 is 2.04 bits per heavy atom. The number of hydrogen-bond donors (Lipinski definition) is 1. The molecule has 9 heteroatoms. The first kappa shape index (κ1) is 21.9. The molecular formula is C14H23NO6S2. The Kier molecular flexibility index (Phi) is 11.8. The molecule has 0 aliphatic heterocycles. The number of rotatable bonds is 12. The fourth-order valence-electron chi connectivity index (χ4n) is 1.66. The molecular weight excluding hydrogens is 342 g/mol. The summed E-state index contributed by atoms with van der Waals surface area (Å²) in [5.41, 5.74) is 0. The van der Waals surface area contributed by atoms with E-state index in [0.29, 0.717) is 11.5 Å². The predicted octanol–water partition coefficient (Wildman–Crippen LogP) is 0.856. The van der Waals surface area contributed by atoms with Gasteiger partial charge in [0.15, 0.2) is 0 Å². The van der Waals surface area contributed by atoms with Crippen molar-refractivity contribution in [1.29, 1.82) is 0 Å². The Hall–Kier alpha value is -1.06. The standard InChI is InChI=1S/C14H23NO6S2/c1-9(16)5-11(17)6-10(13(18)20-3)7-22-23-8-12(15-2)14(19)21-4/h10,12,15H,5-8H2,1-4H3. The van der Waals surface area contributed by atoms with Crippen LogP contribution in [-0.4, -0.2) is 62.3 Å². The molecule has 0 rings (SSSR count). The minimum absolute atomic E-state index is 0.0216. The van der Waals surface area contributed by atoms with Gasteiger partial charge >= 0.3 is 11.9 Å². The van der Waals surface area contributed by atoms with Crippen LogP contribution in [0.4, 0.5) is 0 Å². The maximum atomic E-state index is 11.7. The zero-order chi connectivity index (χ0) is 17.8. The summed E-state index contributed by atoms with van der Waals surface area (Å²) in [4.78, 5) is 45.7. The van der Waals surface area contributed by atoms with Gasteiger partial charge in [0, 0.05) is 17.9 Å². The number of carbonyl (C=O) groups excluding carboxylic acids is 4. The van der Waals surface area contributed by atoms with E-state index in [1.54, 1.807) is 7.05 Å². The Balaban J connectivity index is 4.35. The van der Waals surface area contributed by atoms with Gasteiger partial charge in [-0.15, -0.1) is 0 Å². The molecule has 0 aromatic rings. The number of likely N-dealkylation sites (N-methyl/N-ethyl adjacent to an activating group) is 1. The van der Waals surface area contributed by atoms with Crippen molar-refractivity contribution in [3.63, 3.8) is 0 Å². The van der Waals surface area contributed by atoms with Crippen molar-refractivity contribution in [3.8, 4) is 0 Å². The number of esters is 2. The molecule has 0 saturated heterocycles. The van der Waals surface area contributed by atoms with Crippen molar-refractivity contribution in [2.75, 3.05) is 32.8 Å². The first-order valence-corrected chi connectivity index (χ1v) is 9.42. The zero-order valence-electron chi connectivity index (χ0n) is 13.7. The van der Waals surface area contributed by atoms with Crippen LogP contribution in [0.25, 0.3) is 0 Å². The summed E-state index contributed by atoms with van der Waals surface area (Å²) in [5, 5.41) is 2.84. The van der Waals surface area contributed by atoms with Crippen LogP contribution in [0.3, 0.4) is 0 Å². The van der Waals surface area contributed by atoms with Crippen molar-refractivity contribution in [2.24, 2.45) is 5.92 Å². The number of Topliss-reactive ketones (excluding diaryl/α,β-unsaturated/α-hetero) is 2.